The lowest BCUT2D eigenvalue weighted by Gasteiger charge is -2.38. The van der Waals surface area contributed by atoms with Gasteiger partial charge in [-0.15, -0.1) is 5.10 Å². The van der Waals surface area contributed by atoms with E-state index in [1.54, 1.807) is 11.8 Å². The van der Waals surface area contributed by atoms with Crippen molar-refractivity contribution in [3.63, 3.8) is 0 Å². The normalized spacial score (nSPS) is 27.1. The quantitative estimate of drug-likeness (QED) is 0.870. The number of nitrogens with one attached hydrogen (secondary N) is 1. The second kappa shape index (κ2) is 6.18. The average molecular weight is 331 g/mol. The fourth-order valence-corrected chi connectivity index (χ4v) is 3.86. The molecule has 3 aliphatic rings. The highest BCUT2D eigenvalue weighted by Gasteiger charge is 2.37. The van der Waals surface area contributed by atoms with Gasteiger partial charge in [0.1, 0.15) is 0 Å². The van der Waals surface area contributed by atoms with Crippen molar-refractivity contribution in [3.8, 4) is 0 Å². The Labute approximate surface area is 141 Å². The van der Waals surface area contributed by atoms with E-state index in [0.717, 1.165) is 31.5 Å². The molecule has 2 amide bonds. The molecule has 0 aromatic carbocycles. The highest BCUT2D eigenvalue weighted by atomic mass is 16.2. The number of hydrogen-bond donors (Lipinski definition) is 1. The Balaban J connectivity index is 1.29. The van der Waals surface area contributed by atoms with E-state index in [2.05, 4.69) is 21.8 Å². The number of hydrogen-bond acceptors (Lipinski definition) is 4. The van der Waals surface area contributed by atoms with Gasteiger partial charge in [-0.05, 0) is 31.6 Å². The molecule has 0 spiro atoms. The zero-order valence-corrected chi connectivity index (χ0v) is 14.1. The smallest absolute Gasteiger partial charge is 0.226 e. The molecule has 7 nitrogen and oxygen atoms in total. The lowest BCUT2D eigenvalue weighted by molar-refractivity contribution is -0.141. The Morgan fingerprint density at radius 3 is 2.75 bits per heavy atom. The van der Waals surface area contributed by atoms with E-state index in [9.17, 15) is 9.59 Å². The van der Waals surface area contributed by atoms with Crippen LogP contribution in [0.1, 0.15) is 50.6 Å². The molecule has 7 heteroatoms. The summed E-state index contributed by atoms with van der Waals surface area (Å²) in [6.07, 6.45) is 7.84. The first-order valence-corrected chi connectivity index (χ1v) is 9.06. The van der Waals surface area contributed by atoms with Crippen molar-refractivity contribution >= 4 is 11.8 Å². The van der Waals surface area contributed by atoms with Crippen molar-refractivity contribution in [2.24, 2.45) is 11.8 Å². The summed E-state index contributed by atoms with van der Waals surface area (Å²) in [7, 11) is 0. The summed E-state index contributed by atoms with van der Waals surface area (Å²) < 4.78 is 1.95. The van der Waals surface area contributed by atoms with Gasteiger partial charge in [0.15, 0.2) is 0 Å². The van der Waals surface area contributed by atoms with Crippen LogP contribution in [0.3, 0.4) is 0 Å². The first kappa shape index (κ1) is 15.6. The summed E-state index contributed by atoms with van der Waals surface area (Å²) in [6, 6.07) is 0.220. The van der Waals surface area contributed by atoms with Crippen LogP contribution < -0.4 is 5.32 Å². The topological polar surface area (TPSA) is 80.1 Å². The zero-order chi connectivity index (χ0) is 16.7. The highest BCUT2D eigenvalue weighted by molar-refractivity contribution is 5.83. The molecule has 2 saturated carbocycles. The molecule has 3 fully saturated rings. The van der Waals surface area contributed by atoms with E-state index in [4.69, 9.17) is 0 Å². The number of carbonyl (C=O) groups excluding carboxylic acids is 2. The van der Waals surface area contributed by atoms with Crippen LogP contribution in [0.4, 0.5) is 0 Å². The maximum atomic E-state index is 12.4. The number of carbonyl (C=O) groups is 2. The largest absolute Gasteiger partial charge is 0.353 e. The number of likely N-dealkylation sites (tertiary alicyclic amines) is 1. The molecule has 1 aromatic rings. The lowest BCUT2D eigenvalue weighted by Crippen LogP contribution is -2.56. The molecule has 2 atom stereocenters. The summed E-state index contributed by atoms with van der Waals surface area (Å²) in [5, 5.41) is 11.7. The molecule has 1 aromatic heterocycles. The standard InChI is InChI=1S/C17H25N5O2/c1-11(23)21-7-14(8-21)17(24)18-15-4-2-3-13(15)9-22-10-16(19-20-22)12-5-6-12/h10,12-15H,2-9H2,1H3,(H,18,24)/t13-,15-/m1/s1. The monoisotopic (exact) mass is 331 g/mol. The minimum atomic E-state index is -0.0389. The van der Waals surface area contributed by atoms with Gasteiger partial charge in [0.05, 0.1) is 11.6 Å². The van der Waals surface area contributed by atoms with E-state index in [1.807, 2.05) is 4.68 Å². The minimum absolute atomic E-state index is 0.0389. The van der Waals surface area contributed by atoms with Crippen molar-refractivity contribution in [2.45, 2.75) is 57.5 Å². The molecule has 2 aliphatic carbocycles. The molecule has 0 radical (unpaired) electrons. The molecular formula is C17H25N5O2. The molecule has 1 saturated heterocycles. The van der Waals surface area contributed by atoms with Crippen LogP contribution in [0, 0.1) is 11.8 Å². The molecule has 2 heterocycles. The average Bonchev–Trinajstić information content (AvgIpc) is 3.09. The Bertz CT molecular complexity index is 633. The summed E-state index contributed by atoms with van der Waals surface area (Å²) >= 11 is 0. The number of amides is 2. The molecule has 0 unspecified atom stereocenters. The minimum Gasteiger partial charge on any atom is -0.353 e. The molecule has 4 rings (SSSR count). The van der Waals surface area contributed by atoms with Crippen molar-refractivity contribution < 1.29 is 9.59 Å². The summed E-state index contributed by atoms with van der Waals surface area (Å²) in [6.45, 7) is 3.50. The fraction of sp³-hybridized carbons (Fsp3) is 0.765. The van der Waals surface area contributed by atoms with E-state index in [0.29, 0.717) is 24.9 Å². The zero-order valence-electron chi connectivity index (χ0n) is 14.1. The molecule has 1 aliphatic heterocycles. The fourth-order valence-electron chi connectivity index (χ4n) is 3.86. The van der Waals surface area contributed by atoms with Gasteiger partial charge in [0.2, 0.25) is 11.8 Å². The number of rotatable bonds is 5. The van der Waals surface area contributed by atoms with Crippen LogP contribution >= 0.6 is 0 Å². The van der Waals surface area contributed by atoms with Crippen molar-refractivity contribution in [2.75, 3.05) is 13.1 Å². The van der Waals surface area contributed by atoms with Gasteiger partial charge in [-0.3, -0.25) is 14.3 Å². The van der Waals surface area contributed by atoms with Crippen LogP contribution in [0.2, 0.25) is 0 Å². The van der Waals surface area contributed by atoms with E-state index in [1.165, 1.54) is 12.8 Å². The lowest BCUT2D eigenvalue weighted by atomic mass is 9.97. The maximum absolute atomic E-state index is 12.4. The van der Waals surface area contributed by atoms with E-state index in [-0.39, 0.29) is 23.8 Å². The summed E-state index contributed by atoms with van der Waals surface area (Å²) in [5.74, 6) is 1.16. The molecule has 24 heavy (non-hydrogen) atoms. The Morgan fingerprint density at radius 2 is 2.04 bits per heavy atom. The van der Waals surface area contributed by atoms with E-state index < -0.39 is 0 Å². The second-order valence-corrected chi connectivity index (χ2v) is 7.57. The van der Waals surface area contributed by atoms with Crippen molar-refractivity contribution in [1.82, 2.24) is 25.2 Å². The number of aromatic nitrogens is 3. The third kappa shape index (κ3) is 3.16. The Kier molecular flexibility index (Phi) is 4.02. The third-order valence-electron chi connectivity index (χ3n) is 5.66. The van der Waals surface area contributed by atoms with Crippen LogP contribution in [0.15, 0.2) is 6.20 Å². The molecule has 1 N–H and O–H groups in total. The SMILES string of the molecule is CC(=O)N1CC(C(=O)N[C@@H]2CCC[C@@H]2Cn2cc(C3CC3)nn2)C1. The van der Waals surface area contributed by atoms with Gasteiger partial charge in [-0.1, -0.05) is 11.6 Å². The van der Waals surface area contributed by atoms with Gasteiger partial charge in [-0.2, -0.15) is 0 Å². The Morgan fingerprint density at radius 1 is 1.25 bits per heavy atom. The summed E-state index contributed by atoms with van der Waals surface area (Å²) in [5.41, 5.74) is 1.12. The van der Waals surface area contributed by atoms with Crippen LogP contribution in [0.25, 0.3) is 0 Å². The predicted molar refractivity (Wildman–Crippen MR) is 87.0 cm³/mol. The number of nitrogens with zero attached hydrogens (tertiary/aromatic N) is 4. The summed E-state index contributed by atoms with van der Waals surface area (Å²) in [4.78, 5) is 25.3. The van der Waals surface area contributed by atoms with Gasteiger partial charge >= 0.3 is 0 Å². The maximum Gasteiger partial charge on any atom is 0.226 e. The van der Waals surface area contributed by atoms with Gasteiger partial charge < -0.3 is 10.2 Å². The van der Waals surface area contributed by atoms with Crippen LogP contribution in [-0.2, 0) is 16.1 Å². The Hall–Kier alpha value is -1.92. The molecule has 130 valence electrons. The van der Waals surface area contributed by atoms with Gasteiger partial charge in [0, 0.05) is 44.7 Å². The van der Waals surface area contributed by atoms with Crippen LogP contribution in [0.5, 0.6) is 0 Å². The van der Waals surface area contributed by atoms with Crippen LogP contribution in [-0.4, -0.2) is 50.8 Å². The highest BCUT2D eigenvalue weighted by Crippen LogP contribution is 2.38. The van der Waals surface area contributed by atoms with Crippen molar-refractivity contribution in [3.05, 3.63) is 11.9 Å². The molecular weight excluding hydrogens is 306 g/mol. The predicted octanol–water partition coefficient (Wildman–Crippen LogP) is 0.919. The van der Waals surface area contributed by atoms with E-state index >= 15 is 0 Å². The third-order valence-corrected chi connectivity index (χ3v) is 5.66. The first-order chi connectivity index (χ1) is 11.6. The molecule has 0 bridgehead atoms. The van der Waals surface area contributed by atoms with Gasteiger partial charge in [-0.25, -0.2) is 0 Å². The first-order valence-electron chi connectivity index (χ1n) is 9.06. The second-order valence-electron chi connectivity index (χ2n) is 7.57. The van der Waals surface area contributed by atoms with Crippen molar-refractivity contribution in [1.29, 1.82) is 0 Å². The van der Waals surface area contributed by atoms with Gasteiger partial charge in [0.25, 0.3) is 0 Å².